The van der Waals surface area contributed by atoms with Crippen molar-refractivity contribution in [1.82, 2.24) is 15.2 Å². The Balaban J connectivity index is 1.97. The number of amides is 2. The molecule has 1 saturated heterocycles. The molecular formula is C26H35F4N5O3S. The number of alkyl halides is 4. The number of anilines is 1. The minimum atomic E-state index is -3.13. The molecule has 216 valence electrons. The number of pyridine rings is 1. The van der Waals surface area contributed by atoms with Crippen molar-refractivity contribution in [2.24, 2.45) is 4.99 Å². The van der Waals surface area contributed by atoms with E-state index in [0.29, 0.717) is 0 Å². The first-order valence-electron chi connectivity index (χ1n) is 12.9. The molecule has 1 aromatic heterocycles. The Kier molecular flexibility index (Phi) is 9.69. The molecule has 2 fully saturated rings. The third-order valence-electron chi connectivity index (χ3n) is 6.77. The average molecular weight is 574 g/mol. The van der Waals surface area contributed by atoms with E-state index in [9.17, 15) is 32.3 Å². The summed E-state index contributed by atoms with van der Waals surface area (Å²) in [5.74, 6) is -4.55. The zero-order valence-electron chi connectivity index (χ0n) is 22.4. The SMILES string of the molecule is CC(=NC(C(=O)N1CC(F)(F)C[C@@H]1C)C(=S)c1cnc(NC2CCCC2)cc1C(F)F)C(=O)NCC(C)(C)O. The molecule has 1 aliphatic carbocycles. The Hall–Kier alpha value is -2.67. The number of halogens is 4. The lowest BCUT2D eigenvalue weighted by molar-refractivity contribution is -0.132. The van der Waals surface area contributed by atoms with Gasteiger partial charge in [0.25, 0.3) is 24.2 Å². The molecule has 13 heteroatoms. The van der Waals surface area contributed by atoms with Crippen LogP contribution in [0.4, 0.5) is 23.4 Å². The lowest BCUT2D eigenvalue weighted by Gasteiger charge is -2.26. The Bertz CT molecular complexity index is 1120. The van der Waals surface area contributed by atoms with E-state index < -0.39 is 60.4 Å². The Morgan fingerprint density at radius 1 is 1.31 bits per heavy atom. The van der Waals surface area contributed by atoms with Crippen LogP contribution in [0.15, 0.2) is 17.3 Å². The Morgan fingerprint density at radius 3 is 2.49 bits per heavy atom. The van der Waals surface area contributed by atoms with Crippen molar-refractivity contribution in [2.75, 3.05) is 18.4 Å². The standard InChI is InChI=1S/C26H35F4N5O3S/c1-14-10-26(29,30)13-35(14)24(37)20(33-15(2)23(36)32-12-25(3,4)38)21(39)18-11-31-19(9-17(18)22(27)28)34-16-7-5-6-8-16/h9,11,14,16,20,22,38H,5-8,10,12-13H2,1-4H3,(H,31,34)(H,32,36)/t14-,20?/m0/s1. The number of aliphatic hydroxyl groups is 1. The molecular weight excluding hydrogens is 538 g/mol. The van der Waals surface area contributed by atoms with Gasteiger partial charge >= 0.3 is 0 Å². The van der Waals surface area contributed by atoms with E-state index in [-0.39, 0.29) is 34.5 Å². The highest BCUT2D eigenvalue weighted by atomic mass is 32.1. The number of hydrogen-bond donors (Lipinski definition) is 3. The predicted molar refractivity (Wildman–Crippen MR) is 144 cm³/mol. The summed E-state index contributed by atoms with van der Waals surface area (Å²) in [5, 5.41) is 15.5. The van der Waals surface area contributed by atoms with Gasteiger partial charge in [-0.15, -0.1) is 0 Å². The minimum Gasteiger partial charge on any atom is -0.389 e. The van der Waals surface area contributed by atoms with E-state index in [1.54, 1.807) is 0 Å². The number of thiocarbonyl (C=S) groups is 1. The number of aliphatic imine (C=N–C) groups is 1. The van der Waals surface area contributed by atoms with Crippen molar-refractivity contribution in [1.29, 1.82) is 0 Å². The van der Waals surface area contributed by atoms with Gasteiger partial charge in [0.15, 0.2) is 6.04 Å². The molecule has 3 N–H and O–H groups in total. The van der Waals surface area contributed by atoms with E-state index in [0.717, 1.165) is 36.8 Å². The largest absolute Gasteiger partial charge is 0.389 e. The van der Waals surface area contributed by atoms with Crippen molar-refractivity contribution < 1.29 is 32.3 Å². The van der Waals surface area contributed by atoms with Crippen molar-refractivity contribution in [3.8, 4) is 0 Å². The van der Waals surface area contributed by atoms with Gasteiger partial charge in [-0.3, -0.25) is 14.6 Å². The zero-order chi connectivity index (χ0) is 29.1. The number of aromatic nitrogens is 1. The van der Waals surface area contributed by atoms with Gasteiger partial charge in [-0.2, -0.15) is 0 Å². The fraction of sp³-hybridized carbons (Fsp3) is 0.654. The summed E-state index contributed by atoms with van der Waals surface area (Å²) in [6.07, 6.45) is 1.42. The van der Waals surface area contributed by atoms with E-state index in [1.807, 2.05) is 0 Å². The van der Waals surface area contributed by atoms with Crippen LogP contribution in [0.2, 0.25) is 0 Å². The van der Waals surface area contributed by atoms with Crippen molar-refractivity contribution >= 4 is 40.4 Å². The summed E-state index contributed by atoms with van der Waals surface area (Å²) in [6, 6.07) is -1.27. The highest BCUT2D eigenvalue weighted by molar-refractivity contribution is 7.81. The molecule has 0 radical (unpaired) electrons. The van der Waals surface area contributed by atoms with Crippen LogP contribution in [0.25, 0.3) is 0 Å². The monoisotopic (exact) mass is 573 g/mol. The molecule has 0 spiro atoms. The second kappa shape index (κ2) is 12.2. The Labute approximate surface area is 230 Å². The molecule has 1 unspecified atom stereocenters. The summed E-state index contributed by atoms with van der Waals surface area (Å²) in [7, 11) is 0. The molecule has 1 saturated carbocycles. The summed E-state index contributed by atoms with van der Waals surface area (Å²) < 4.78 is 56.6. The van der Waals surface area contributed by atoms with E-state index in [1.165, 1.54) is 33.8 Å². The molecule has 2 amide bonds. The number of nitrogens with zero attached hydrogens (tertiary/aromatic N) is 3. The molecule has 1 aromatic rings. The normalized spacial score (nSPS) is 20.8. The van der Waals surface area contributed by atoms with Gasteiger partial charge in [0.05, 0.1) is 22.7 Å². The molecule has 3 rings (SSSR count). The highest BCUT2D eigenvalue weighted by Crippen LogP contribution is 2.34. The molecule has 1 aliphatic heterocycles. The van der Waals surface area contributed by atoms with Gasteiger partial charge in [-0.25, -0.2) is 22.5 Å². The number of nitrogens with one attached hydrogen (secondary N) is 2. The van der Waals surface area contributed by atoms with Crippen LogP contribution in [0.5, 0.6) is 0 Å². The van der Waals surface area contributed by atoms with Crippen molar-refractivity contribution in [3.63, 3.8) is 0 Å². The van der Waals surface area contributed by atoms with Gasteiger partial charge in [0, 0.05) is 42.4 Å². The fourth-order valence-corrected chi connectivity index (χ4v) is 5.05. The topological polar surface area (TPSA) is 107 Å². The maximum absolute atomic E-state index is 14.2. The van der Waals surface area contributed by atoms with Gasteiger partial charge < -0.3 is 20.6 Å². The van der Waals surface area contributed by atoms with Crippen LogP contribution in [0, 0.1) is 0 Å². The van der Waals surface area contributed by atoms with Crippen LogP contribution in [0.1, 0.15) is 77.4 Å². The third kappa shape index (κ3) is 8.17. The summed E-state index contributed by atoms with van der Waals surface area (Å²) in [4.78, 5) is 35.0. The van der Waals surface area contributed by atoms with Gasteiger partial charge in [-0.1, -0.05) is 25.1 Å². The lowest BCUT2D eigenvalue weighted by atomic mass is 10.0. The summed E-state index contributed by atoms with van der Waals surface area (Å²) in [6.45, 7) is 4.66. The summed E-state index contributed by atoms with van der Waals surface area (Å²) in [5.41, 5.74) is -2.16. The molecule has 0 bridgehead atoms. The summed E-state index contributed by atoms with van der Waals surface area (Å²) >= 11 is 5.46. The lowest BCUT2D eigenvalue weighted by Crippen LogP contribution is -2.46. The first-order valence-corrected chi connectivity index (χ1v) is 13.3. The average Bonchev–Trinajstić information content (AvgIpc) is 3.45. The van der Waals surface area contributed by atoms with Crippen molar-refractivity contribution in [2.45, 2.75) is 95.9 Å². The first-order chi connectivity index (χ1) is 18.1. The Morgan fingerprint density at radius 2 is 1.95 bits per heavy atom. The van der Waals surface area contributed by atoms with Gasteiger partial charge in [-0.05, 0) is 46.6 Å². The fourth-order valence-electron chi connectivity index (χ4n) is 4.73. The first kappa shape index (κ1) is 30.9. The molecule has 0 aromatic carbocycles. The quantitative estimate of drug-likeness (QED) is 0.169. The maximum atomic E-state index is 14.2. The molecule has 8 nitrogen and oxygen atoms in total. The second-order valence-corrected chi connectivity index (χ2v) is 11.4. The van der Waals surface area contributed by atoms with E-state index in [2.05, 4.69) is 20.6 Å². The van der Waals surface area contributed by atoms with Crippen molar-refractivity contribution in [3.05, 3.63) is 23.4 Å². The van der Waals surface area contributed by atoms with E-state index >= 15 is 0 Å². The number of rotatable bonds is 10. The van der Waals surface area contributed by atoms with Crippen LogP contribution in [-0.4, -0.2) is 80.1 Å². The zero-order valence-corrected chi connectivity index (χ0v) is 23.3. The number of likely N-dealkylation sites (tertiary alicyclic amines) is 1. The molecule has 2 aliphatic rings. The highest BCUT2D eigenvalue weighted by Gasteiger charge is 2.47. The third-order valence-corrected chi connectivity index (χ3v) is 7.21. The van der Waals surface area contributed by atoms with Crippen LogP contribution >= 0.6 is 12.2 Å². The predicted octanol–water partition coefficient (Wildman–Crippen LogP) is 4.06. The van der Waals surface area contributed by atoms with Crippen LogP contribution in [-0.2, 0) is 9.59 Å². The van der Waals surface area contributed by atoms with Crippen LogP contribution < -0.4 is 10.6 Å². The second-order valence-electron chi connectivity index (χ2n) is 10.9. The molecule has 39 heavy (non-hydrogen) atoms. The number of hydrogen-bond acceptors (Lipinski definition) is 7. The number of carbonyl (C=O) groups excluding carboxylic acids is 2. The molecule has 2 atom stereocenters. The minimum absolute atomic E-state index is 0.114. The number of carbonyl (C=O) groups is 2. The van der Waals surface area contributed by atoms with Crippen LogP contribution in [0.3, 0.4) is 0 Å². The molecule has 2 heterocycles. The smallest absolute Gasteiger partial charge is 0.267 e. The maximum Gasteiger partial charge on any atom is 0.267 e. The van der Waals surface area contributed by atoms with Gasteiger partial charge in [0.2, 0.25) is 0 Å². The van der Waals surface area contributed by atoms with Gasteiger partial charge in [0.1, 0.15) is 5.82 Å². The van der Waals surface area contributed by atoms with E-state index in [4.69, 9.17) is 12.2 Å².